The highest BCUT2D eigenvalue weighted by atomic mass is 35.5. The minimum Gasteiger partial charge on any atom is -0.361 e. The predicted octanol–water partition coefficient (Wildman–Crippen LogP) is 3.94. The third kappa shape index (κ3) is 4.73. The summed E-state index contributed by atoms with van der Waals surface area (Å²) < 4.78 is 5.14. The zero-order valence-electron chi connectivity index (χ0n) is 13.8. The van der Waals surface area contributed by atoms with Crippen LogP contribution >= 0.6 is 11.6 Å². The molecule has 0 unspecified atom stereocenters. The second-order valence-corrected chi connectivity index (χ2v) is 6.24. The molecule has 0 bridgehead atoms. The summed E-state index contributed by atoms with van der Waals surface area (Å²) in [6.45, 7) is 7.66. The van der Waals surface area contributed by atoms with E-state index in [1.54, 1.807) is 0 Å². The van der Waals surface area contributed by atoms with E-state index in [1.807, 2.05) is 52.0 Å². The number of nitrogens with one attached hydrogen (secondary N) is 2. The molecule has 0 saturated heterocycles. The Bertz CT molecular complexity index is 665. The van der Waals surface area contributed by atoms with Crippen LogP contribution in [0.5, 0.6) is 0 Å². The number of amides is 2. The van der Waals surface area contributed by atoms with Crippen LogP contribution in [-0.4, -0.2) is 17.2 Å². The summed E-state index contributed by atoms with van der Waals surface area (Å²) in [7, 11) is 0. The number of urea groups is 1. The van der Waals surface area contributed by atoms with Crippen molar-refractivity contribution in [3.05, 3.63) is 51.9 Å². The molecule has 0 aliphatic rings. The van der Waals surface area contributed by atoms with Crippen molar-refractivity contribution >= 4 is 17.6 Å². The molecule has 23 heavy (non-hydrogen) atoms. The lowest BCUT2D eigenvalue weighted by atomic mass is 10.1. The van der Waals surface area contributed by atoms with Crippen molar-refractivity contribution < 1.29 is 9.32 Å². The number of halogens is 1. The molecule has 0 aliphatic carbocycles. The minimum atomic E-state index is -0.211. The van der Waals surface area contributed by atoms with Gasteiger partial charge in [0, 0.05) is 16.6 Å². The van der Waals surface area contributed by atoms with Gasteiger partial charge in [-0.25, -0.2) is 4.79 Å². The SMILES string of the molecule is Cc1noc(C)c1C[C@@H](C)NC(=O)N[C@H](C)c1cccc(Cl)c1. The lowest BCUT2D eigenvalue weighted by molar-refractivity contribution is 0.234. The van der Waals surface area contributed by atoms with Gasteiger partial charge < -0.3 is 15.2 Å². The monoisotopic (exact) mass is 335 g/mol. The number of hydrogen-bond donors (Lipinski definition) is 2. The van der Waals surface area contributed by atoms with Crippen LogP contribution in [0.3, 0.4) is 0 Å². The number of aryl methyl sites for hydroxylation is 2. The molecular weight excluding hydrogens is 314 g/mol. The number of rotatable bonds is 5. The minimum absolute atomic E-state index is 0.0293. The highest BCUT2D eigenvalue weighted by Crippen LogP contribution is 2.17. The van der Waals surface area contributed by atoms with Crippen LogP contribution in [0.2, 0.25) is 5.02 Å². The van der Waals surface area contributed by atoms with E-state index in [2.05, 4.69) is 15.8 Å². The molecule has 1 aromatic heterocycles. The van der Waals surface area contributed by atoms with E-state index in [0.717, 1.165) is 22.6 Å². The van der Waals surface area contributed by atoms with Crippen molar-refractivity contribution in [2.75, 3.05) is 0 Å². The summed E-state index contributed by atoms with van der Waals surface area (Å²) >= 11 is 5.98. The molecule has 2 N–H and O–H groups in total. The summed E-state index contributed by atoms with van der Waals surface area (Å²) in [6.07, 6.45) is 0.681. The highest BCUT2D eigenvalue weighted by Gasteiger charge is 2.16. The maximum atomic E-state index is 12.1. The van der Waals surface area contributed by atoms with Crippen molar-refractivity contribution in [2.24, 2.45) is 0 Å². The Kier molecular flexibility index (Phi) is 5.66. The summed E-state index contributed by atoms with van der Waals surface area (Å²) in [4.78, 5) is 12.1. The second kappa shape index (κ2) is 7.51. The Balaban J connectivity index is 1.89. The molecule has 1 heterocycles. The molecule has 2 atom stereocenters. The van der Waals surface area contributed by atoms with Crippen LogP contribution in [0, 0.1) is 13.8 Å². The number of nitrogens with zero attached hydrogens (tertiary/aromatic N) is 1. The first-order chi connectivity index (χ1) is 10.9. The Morgan fingerprint density at radius 2 is 2.04 bits per heavy atom. The lowest BCUT2D eigenvalue weighted by Gasteiger charge is -2.18. The van der Waals surface area contributed by atoms with Crippen molar-refractivity contribution in [1.82, 2.24) is 15.8 Å². The van der Waals surface area contributed by atoms with Gasteiger partial charge in [0.05, 0.1) is 11.7 Å². The molecular formula is C17H22ClN3O2. The predicted molar refractivity (Wildman–Crippen MR) is 90.7 cm³/mol. The Hall–Kier alpha value is -2.01. The summed E-state index contributed by atoms with van der Waals surface area (Å²) in [5.74, 6) is 0.795. The lowest BCUT2D eigenvalue weighted by Crippen LogP contribution is -2.42. The van der Waals surface area contributed by atoms with Crippen LogP contribution in [0.4, 0.5) is 4.79 Å². The standard InChI is InChI=1S/C17H22ClN3O2/c1-10(8-16-12(3)21-23-13(16)4)19-17(22)20-11(2)14-6-5-7-15(18)9-14/h5-7,9-11H,8H2,1-4H3,(H2,19,20,22)/t10-,11-/m1/s1. The van der Waals surface area contributed by atoms with Crippen LogP contribution in [-0.2, 0) is 6.42 Å². The molecule has 2 rings (SSSR count). The molecule has 124 valence electrons. The van der Waals surface area contributed by atoms with Gasteiger partial charge in [-0.1, -0.05) is 28.9 Å². The van der Waals surface area contributed by atoms with Crippen LogP contribution < -0.4 is 10.6 Å². The van der Waals surface area contributed by atoms with Crippen LogP contribution in [0.25, 0.3) is 0 Å². The Labute approximate surface area is 141 Å². The fraction of sp³-hybridized carbons (Fsp3) is 0.412. The first-order valence-electron chi connectivity index (χ1n) is 7.61. The molecule has 0 radical (unpaired) electrons. The van der Waals surface area contributed by atoms with Gasteiger partial charge in [-0.05, 0) is 51.8 Å². The largest absolute Gasteiger partial charge is 0.361 e. The summed E-state index contributed by atoms with van der Waals surface area (Å²) in [5, 5.41) is 10.4. The molecule has 0 spiro atoms. The van der Waals surface area contributed by atoms with E-state index in [4.69, 9.17) is 16.1 Å². The summed E-state index contributed by atoms with van der Waals surface area (Å²) in [5.41, 5.74) is 2.87. The van der Waals surface area contributed by atoms with Crippen molar-refractivity contribution in [3.63, 3.8) is 0 Å². The van der Waals surface area contributed by atoms with Crippen molar-refractivity contribution in [2.45, 2.75) is 46.2 Å². The molecule has 0 aliphatic heterocycles. The zero-order valence-corrected chi connectivity index (χ0v) is 14.6. The maximum Gasteiger partial charge on any atom is 0.315 e. The van der Waals surface area contributed by atoms with Crippen LogP contribution in [0.1, 0.15) is 42.5 Å². The van der Waals surface area contributed by atoms with Gasteiger partial charge in [0.1, 0.15) is 5.76 Å². The number of carbonyl (C=O) groups excluding carboxylic acids is 1. The first kappa shape index (κ1) is 17.3. The van der Waals surface area contributed by atoms with E-state index in [1.165, 1.54) is 0 Å². The molecule has 2 amide bonds. The fourth-order valence-corrected chi connectivity index (χ4v) is 2.67. The molecule has 0 saturated carbocycles. The molecule has 1 aromatic carbocycles. The third-order valence-corrected chi connectivity index (χ3v) is 4.00. The highest BCUT2D eigenvalue weighted by molar-refractivity contribution is 6.30. The van der Waals surface area contributed by atoms with Gasteiger partial charge in [-0.2, -0.15) is 0 Å². The second-order valence-electron chi connectivity index (χ2n) is 5.80. The normalized spacial score (nSPS) is 13.4. The fourth-order valence-electron chi connectivity index (χ4n) is 2.47. The molecule has 2 aromatic rings. The maximum absolute atomic E-state index is 12.1. The summed E-state index contributed by atoms with van der Waals surface area (Å²) in [6, 6.07) is 7.09. The van der Waals surface area contributed by atoms with Gasteiger partial charge in [0.25, 0.3) is 0 Å². The van der Waals surface area contributed by atoms with Crippen molar-refractivity contribution in [3.8, 4) is 0 Å². The van der Waals surface area contributed by atoms with Gasteiger partial charge in [-0.3, -0.25) is 0 Å². The first-order valence-corrected chi connectivity index (χ1v) is 7.99. The van der Waals surface area contributed by atoms with E-state index in [9.17, 15) is 4.79 Å². The zero-order chi connectivity index (χ0) is 17.0. The topological polar surface area (TPSA) is 67.2 Å². The number of benzene rings is 1. The molecule has 5 nitrogen and oxygen atoms in total. The number of hydrogen-bond acceptors (Lipinski definition) is 3. The number of aromatic nitrogens is 1. The van der Waals surface area contributed by atoms with Gasteiger partial charge in [0.15, 0.2) is 0 Å². The van der Waals surface area contributed by atoms with E-state index >= 15 is 0 Å². The van der Waals surface area contributed by atoms with Gasteiger partial charge in [-0.15, -0.1) is 0 Å². The Morgan fingerprint density at radius 1 is 1.30 bits per heavy atom. The quantitative estimate of drug-likeness (QED) is 0.869. The smallest absolute Gasteiger partial charge is 0.315 e. The average molecular weight is 336 g/mol. The van der Waals surface area contributed by atoms with E-state index in [-0.39, 0.29) is 18.1 Å². The average Bonchev–Trinajstić information content (AvgIpc) is 2.78. The van der Waals surface area contributed by atoms with Crippen LogP contribution in [0.15, 0.2) is 28.8 Å². The molecule has 0 fully saturated rings. The Morgan fingerprint density at radius 3 is 2.65 bits per heavy atom. The van der Waals surface area contributed by atoms with Gasteiger partial charge >= 0.3 is 6.03 Å². The molecule has 6 heteroatoms. The van der Waals surface area contributed by atoms with Gasteiger partial charge in [0.2, 0.25) is 0 Å². The third-order valence-electron chi connectivity index (χ3n) is 3.77. The van der Waals surface area contributed by atoms with E-state index < -0.39 is 0 Å². The van der Waals surface area contributed by atoms with Crippen molar-refractivity contribution in [1.29, 1.82) is 0 Å². The number of carbonyl (C=O) groups is 1. The van der Waals surface area contributed by atoms with E-state index in [0.29, 0.717) is 11.4 Å².